The number of nitrogens with one attached hydrogen (secondary N) is 1. The molecule has 1 saturated heterocycles. The maximum absolute atomic E-state index is 13.8. The number of rotatable bonds is 3. The minimum absolute atomic E-state index is 0.192. The Labute approximate surface area is 105 Å². The Bertz CT molecular complexity index is 417. The van der Waals surface area contributed by atoms with Crippen molar-refractivity contribution in [3.05, 3.63) is 35.1 Å². The van der Waals surface area contributed by atoms with Crippen molar-refractivity contribution in [2.24, 2.45) is 0 Å². The van der Waals surface area contributed by atoms with Crippen LogP contribution in [0.2, 0.25) is 0 Å². The van der Waals surface area contributed by atoms with Gasteiger partial charge in [-0.15, -0.1) is 0 Å². The second-order valence-corrected chi connectivity index (χ2v) is 4.47. The van der Waals surface area contributed by atoms with Crippen LogP contribution in [-0.4, -0.2) is 31.1 Å². The molecule has 1 heterocycles. The van der Waals surface area contributed by atoms with Gasteiger partial charge in [0.1, 0.15) is 0 Å². The predicted molar refractivity (Wildman–Crippen MR) is 63.8 cm³/mol. The van der Waals surface area contributed by atoms with Crippen molar-refractivity contribution >= 4 is 0 Å². The van der Waals surface area contributed by atoms with Gasteiger partial charge in [-0.1, -0.05) is 13.0 Å². The lowest BCUT2D eigenvalue weighted by Gasteiger charge is -2.34. The Morgan fingerprint density at radius 3 is 2.44 bits per heavy atom. The van der Waals surface area contributed by atoms with Gasteiger partial charge in [0.15, 0.2) is 17.5 Å². The van der Waals surface area contributed by atoms with Crippen LogP contribution in [0, 0.1) is 17.5 Å². The average Bonchev–Trinajstić information content (AvgIpc) is 2.41. The summed E-state index contributed by atoms with van der Waals surface area (Å²) in [6, 6.07) is 2.16. The fourth-order valence-electron chi connectivity index (χ4n) is 2.47. The normalized spacial score (nSPS) is 18.9. The SMILES string of the molecule is CCC(c1ccc(F)c(F)c1F)N1CCNCC1. The highest BCUT2D eigenvalue weighted by Gasteiger charge is 2.25. The number of hydrogen-bond acceptors (Lipinski definition) is 2. The van der Waals surface area contributed by atoms with Crippen LogP contribution in [0.1, 0.15) is 24.9 Å². The van der Waals surface area contributed by atoms with Crippen molar-refractivity contribution in [1.29, 1.82) is 0 Å². The molecule has 1 aromatic rings. The summed E-state index contributed by atoms with van der Waals surface area (Å²) in [4.78, 5) is 2.10. The van der Waals surface area contributed by atoms with E-state index >= 15 is 0 Å². The molecule has 5 heteroatoms. The minimum Gasteiger partial charge on any atom is -0.314 e. The third kappa shape index (κ3) is 2.52. The highest BCUT2D eigenvalue weighted by molar-refractivity contribution is 5.24. The van der Waals surface area contributed by atoms with Gasteiger partial charge < -0.3 is 5.32 Å². The van der Waals surface area contributed by atoms with E-state index < -0.39 is 17.5 Å². The van der Waals surface area contributed by atoms with E-state index in [9.17, 15) is 13.2 Å². The lowest BCUT2D eigenvalue weighted by atomic mass is 10.0. The summed E-state index contributed by atoms with van der Waals surface area (Å²) in [7, 11) is 0. The Morgan fingerprint density at radius 2 is 1.83 bits per heavy atom. The van der Waals surface area contributed by atoms with Gasteiger partial charge in [-0.2, -0.15) is 0 Å². The van der Waals surface area contributed by atoms with Crippen LogP contribution in [0.5, 0.6) is 0 Å². The van der Waals surface area contributed by atoms with E-state index in [4.69, 9.17) is 0 Å². The van der Waals surface area contributed by atoms with E-state index in [1.165, 1.54) is 6.07 Å². The molecule has 1 aliphatic rings. The molecule has 0 aliphatic carbocycles. The highest BCUT2D eigenvalue weighted by atomic mass is 19.2. The number of hydrogen-bond donors (Lipinski definition) is 1. The topological polar surface area (TPSA) is 15.3 Å². The molecule has 0 amide bonds. The van der Waals surface area contributed by atoms with Crippen LogP contribution in [0.25, 0.3) is 0 Å². The molecule has 1 N–H and O–H groups in total. The third-order valence-electron chi connectivity index (χ3n) is 3.40. The third-order valence-corrected chi connectivity index (χ3v) is 3.40. The zero-order valence-corrected chi connectivity index (χ0v) is 10.3. The molecule has 1 aliphatic heterocycles. The molecule has 0 spiro atoms. The number of benzene rings is 1. The Balaban J connectivity index is 2.29. The van der Waals surface area contributed by atoms with Gasteiger partial charge in [0.25, 0.3) is 0 Å². The molecular weight excluding hydrogens is 241 g/mol. The maximum Gasteiger partial charge on any atom is 0.194 e. The zero-order chi connectivity index (χ0) is 13.1. The Kier molecular flexibility index (Phi) is 4.24. The van der Waals surface area contributed by atoms with Gasteiger partial charge in [-0.3, -0.25) is 4.90 Å². The van der Waals surface area contributed by atoms with E-state index in [0.29, 0.717) is 6.42 Å². The fourth-order valence-corrected chi connectivity index (χ4v) is 2.47. The standard InChI is InChI=1S/C13H17F3N2/c1-2-11(18-7-5-17-6-8-18)9-3-4-10(14)13(16)12(9)15/h3-4,11,17H,2,5-8H2,1H3. The first-order valence-corrected chi connectivity index (χ1v) is 6.23. The van der Waals surface area contributed by atoms with Crippen LogP contribution >= 0.6 is 0 Å². The summed E-state index contributed by atoms with van der Waals surface area (Å²) < 4.78 is 40.0. The van der Waals surface area contributed by atoms with E-state index in [0.717, 1.165) is 32.2 Å². The van der Waals surface area contributed by atoms with E-state index in [-0.39, 0.29) is 11.6 Å². The molecule has 0 radical (unpaired) electrons. The monoisotopic (exact) mass is 258 g/mol. The molecule has 100 valence electrons. The van der Waals surface area contributed by atoms with Crippen molar-refractivity contribution in [2.75, 3.05) is 26.2 Å². The first-order valence-electron chi connectivity index (χ1n) is 6.23. The molecule has 2 rings (SSSR count). The number of piperazine rings is 1. The maximum atomic E-state index is 13.8. The smallest absolute Gasteiger partial charge is 0.194 e. The van der Waals surface area contributed by atoms with E-state index in [2.05, 4.69) is 10.2 Å². The van der Waals surface area contributed by atoms with Crippen LogP contribution in [0.15, 0.2) is 12.1 Å². The van der Waals surface area contributed by atoms with Gasteiger partial charge in [0.2, 0.25) is 0 Å². The zero-order valence-electron chi connectivity index (χ0n) is 10.3. The van der Waals surface area contributed by atoms with Gasteiger partial charge in [-0.05, 0) is 12.5 Å². The van der Waals surface area contributed by atoms with Gasteiger partial charge in [-0.25, -0.2) is 13.2 Å². The first kappa shape index (κ1) is 13.4. The molecule has 1 unspecified atom stereocenters. The van der Waals surface area contributed by atoms with Crippen LogP contribution in [0.4, 0.5) is 13.2 Å². The van der Waals surface area contributed by atoms with E-state index in [1.807, 2.05) is 6.92 Å². The fraction of sp³-hybridized carbons (Fsp3) is 0.538. The molecule has 0 aromatic heterocycles. The largest absolute Gasteiger partial charge is 0.314 e. The first-order chi connectivity index (χ1) is 8.65. The second-order valence-electron chi connectivity index (χ2n) is 4.47. The lowest BCUT2D eigenvalue weighted by molar-refractivity contribution is 0.165. The summed E-state index contributed by atoms with van der Waals surface area (Å²) in [6.07, 6.45) is 0.669. The van der Waals surface area contributed by atoms with E-state index in [1.54, 1.807) is 0 Å². The van der Waals surface area contributed by atoms with Crippen molar-refractivity contribution in [3.8, 4) is 0 Å². The Morgan fingerprint density at radius 1 is 1.17 bits per heavy atom. The summed E-state index contributed by atoms with van der Waals surface area (Å²) in [5.41, 5.74) is 0.248. The summed E-state index contributed by atoms with van der Waals surface area (Å²) >= 11 is 0. The van der Waals surface area contributed by atoms with Gasteiger partial charge in [0, 0.05) is 37.8 Å². The van der Waals surface area contributed by atoms with Crippen molar-refractivity contribution < 1.29 is 13.2 Å². The second kappa shape index (κ2) is 5.71. The lowest BCUT2D eigenvalue weighted by Crippen LogP contribution is -2.45. The van der Waals surface area contributed by atoms with Crippen molar-refractivity contribution in [3.63, 3.8) is 0 Å². The predicted octanol–water partition coefficient (Wildman–Crippen LogP) is 2.46. The molecule has 1 fully saturated rings. The van der Waals surface area contributed by atoms with Gasteiger partial charge >= 0.3 is 0 Å². The quantitative estimate of drug-likeness (QED) is 0.838. The molecule has 18 heavy (non-hydrogen) atoms. The van der Waals surface area contributed by atoms with Gasteiger partial charge in [0.05, 0.1) is 0 Å². The number of halogens is 3. The summed E-state index contributed by atoms with van der Waals surface area (Å²) in [6.45, 7) is 5.17. The molecule has 0 bridgehead atoms. The van der Waals surface area contributed by atoms with Crippen molar-refractivity contribution in [1.82, 2.24) is 10.2 Å². The molecule has 1 atom stereocenters. The molecule has 0 saturated carbocycles. The molecule has 1 aromatic carbocycles. The van der Waals surface area contributed by atoms with Crippen molar-refractivity contribution in [2.45, 2.75) is 19.4 Å². The van der Waals surface area contributed by atoms with Crippen LogP contribution in [-0.2, 0) is 0 Å². The highest BCUT2D eigenvalue weighted by Crippen LogP contribution is 2.28. The van der Waals surface area contributed by atoms with Crippen LogP contribution in [0.3, 0.4) is 0 Å². The summed E-state index contributed by atoms with van der Waals surface area (Å²) in [5, 5.41) is 3.21. The molecule has 2 nitrogen and oxygen atoms in total. The van der Waals surface area contributed by atoms with Crippen LogP contribution < -0.4 is 5.32 Å². The average molecular weight is 258 g/mol. The number of nitrogens with zero attached hydrogens (tertiary/aromatic N) is 1. The molecular formula is C13H17F3N2. The Hall–Kier alpha value is -1.07. The summed E-state index contributed by atoms with van der Waals surface area (Å²) in [5.74, 6) is -3.56. The minimum atomic E-state index is -1.37.